The zero-order valence-corrected chi connectivity index (χ0v) is 17.8. The normalized spacial score (nSPS) is 16.4. The average Bonchev–Trinajstić information content (AvgIpc) is 2.82. The molecular weight excluding hydrogens is 424 g/mol. The first-order chi connectivity index (χ1) is 14.6. The third-order valence-corrected chi connectivity index (χ3v) is 6.73. The second-order valence-electron chi connectivity index (χ2n) is 7.32. The Morgan fingerprint density at radius 1 is 1.23 bits per heavy atom. The summed E-state index contributed by atoms with van der Waals surface area (Å²) in [5.41, 5.74) is 1.23. The second-order valence-corrected chi connectivity index (χ2v) is 9.39. The van der Waals surface area contributed by atoms with Crippen LogP contribution in [0.15, 0.2) is 48.5 Å². The summed E-state index contributed by atoms with van der Waals surface area (Å²) in [6, 6.07) is 11.6. The second kappa shape index (κ2) is 8.82. The van der Waals surface area contributed by atoms with Crippen molar-refractivity contribution in [3.63, 3.8) is 0 Å². The van der Waals surface area contributed by atoms with E-state index in [1.807, 2.05) is 0 Å². The predicted molar refractivity (Wildman–Crippen MR) is 115 cm³/mol. The number of likely N-dealkylation sites (N-methyl/N-ethyl adjacent to an activating group) is 1. The van der Waals surface area contributed by atoms with Gasteiger partial charge in [0.2, 0.25) is 21.8 Å². The fourth-order valence-corrected chi connectivity index (χ4v) is 4.51. The molecule has 1 N–H and O–H groups in total. The summed E-state index contributed by atoms with van der Waals surface area (Å²) in [4.78, 5) is 36.8. The van der Waals surface area contributed by atoms with E-state index in [-0.39, 0.29) is 18.0 Å². The molecule has 2 aromatic carbocycles. The van der Waals surface area contributed by atoms with Crippen LogP contribution in [0.25, 0.3) is 0 Å². The minimum atomic E-state index is -3.86. The van der Waals surface area contributed by atoms with Crippen LogP contribution in [-0.2, 0) is 25.4 Å². The Hall–Kier alpha value is -3.31. The number of nitro groups is 1. The van der Waals surface area contributed by atoms with Gasteiger partial charge < -0.3 is 10.2 Å². The number of hydrogen-bond donors (Lipinski definition) is 1. The number of fused-ring (bicyclic) bond motifs is 1. The summed E-state index contributed by atoms with van der Waals surface area (Å²) < 4.78 is 26.4. The smallest absolute Gasteiger partial charge is 0.269 e. The fraction of sp³-hybridized carbons (Fsp3) is 0.300. The molecule has 0 bridgehead atoms. The lowest BCUT2D eigenvalue weighted by atomic mass is 10.1. The number of nitrogens with zero attached hydrogens (tertiary/aromatic N) is 3. The minimum absolute atomic E-state index is 0.0830. The highest BCUT2D eigenvalue weighted by atomic mass is 32.2. The van der Waals surface area contributed by atoms with Crippen LogP contribution < -0.4 is 10.2 Å². The van der Waals surface area contributed by atoms with Crippen LogP contribution in [0.3, 0.4) is 0 Å². The molecule has 1 aliphatic rings. The van der Waals surface area contributed by atoms with Crippen molar-refractivity contribution in [2.24, 2.45) is 0 Å². The van der Waals surface area contributed by atoms with Crippen molar-refractivity contribution in [2.45, 2.75) is 25.1 Å². The molecule has 1 atom stereocenters. The van der Waals surface area contributed by atoms with E-state index < -0.39 is 39.2 Å². The van der Waals surface area contributed by atoms with Crippen molar-refractivity contribution in [1.82, 2.24) is 4.31 Å². The Bertz CT molecular complexity index is 1120. The zero-order chi connectivity index (χ0) is 22.8. The zero-order valence-electron chi connectivity index (χ0n) is 17.0. The lowest BCUT2D eigenvalue weighted by Crippen LogP contribution is -2.45. The molecule has 2 amide bonds. The van der Waals surface area contributed by atoms with Crippen molar-refractivity contribution in [3.05, 3.63) is 64.2 Å². The van der Waals surface area contributed by atoms with E-state index in [1.165, 1.54) is 36.2 Å². The molecule has 0 spiro atoms. The summed E-state index contributed by atoms with van der Waals surface area (Å²) in [5, 5.41) is 13.5. The Labute approximate surface area is 179 Å². The van der Waals surface area contributed by atoms with E-state index in [9.17, 15) is 28.1 Å². The Morgan fingerprint density at radius 3 is 2.52 bits per heavy atom. The lowest BCUT2D eigenvalue weighted by molar-refractivity contribution is -0.384. The third-order valence-electron chi connectivity index (χ3n) is 4.96. The summed E-state index contributed by atoms with van der Waals surface area (Å²) >= 11 is 0. The molecule has 0 saturated carbocycles. The highest BCUT2D eigenvalue weighted by Crippen LogP contribution is 2.31. The molecule has 0 aliphatic carbocycles. The monoisotopic (exact) mass is 446 g/mol. The largest absolute Gasteiger partial charge is 0.324 e. The van der Waals surface area contributed by atoms with Crippen LogP contribution in [-0.4, -0.2) is 49.1 Å². The van der Waals surface area contributed by atoms with Crippen LogP contribution >= 0.6 is 0 Å². The molecule has 10 nitrogen and oxygen atoms in total. The fourth-order valence-electron chi connectivity index (χ4n) is 3.37. The summed E-state index contributed by atoms with van der Waals surface area (Å²) in [5.74, 6) is -1.10. The van der Waals surface area contributed by atoms with E-state index in [0.29, 0.717) is 16.9 Å². The number of anilines is 2. The van der Waals surface area contributed by atoms with Gasteiger partial charge >= 0.3 is 0 Å². The molecule has 3 rings (SSSR count). The van der Waals surface area contributed by atoms with Crippen LogP contribution in [0.1, 0.15) is 18.9 Å². The van der Waals surface area contributed by atoms with E-state index in [0.717, 1.165) is 4.31 Å². The maximum atomic E-state index is 13.1. The Balaban J connectivity index is 1.77. The number of hydrogen-bond acceptors (Lipinski definition) is 6. The van der Waals surface area contributed by atoms with Crippen LogP contribution in [0.2, 0.25) is 0 Å². The first-order valence-electron chi connectivity index (χ1n) is 9.47. The number of nitro benzene ring substituents is 1. The van der Waals surface area contributed by atoms with E-state index >= 15 is 0 Å². The van der Waals surface area contributed by atoms with Gasteiger partial charge in [-0.25, -0.2) is 8.42 Å². The highest BCUT2D eigenvalue weighted by molar-refractivity contribution is 7.88. The van der Waals surface area contributed by atoms with Crippen molar-refractivity contribution in [2.75, 3.05) is 23.8 Å². The van der Waals surface area contributed by atoms with Gasteiger partial charge in [-0.2, -0.15) is 4.31 Å². The molecule has 0 saturated heterocycles. The number of rotatable bonds is 6. The maximum Gasteiger partial charge on any atom is 0.269 e. The van der Waals surface area contributed by atoms with Gasteiger partial charge in [-0.3, -0.25) is 19.7 Å². The molecular formula is C20H22N4O6S. The number of nitrogens with one attached hydrogen (secondary N) is 1. The first-order valence-corrected chi connectivity index (χ1v) is 11.1. The summed E-state index contributed by atoms with van der Waals surface area (Å²) in [6.07, 6.45) is 0.0830. The average molecular weight is 446 g/mol. The molecule has 0 radical (unpaired) electrons. The molecule has 0 aromatic heterocycles. The molecule has 11 heteroatoms. The topological polar surface area (TPSA) is 130 Å². The van der Waals surface area contributed by atoms with Crippen LogP contribution in [0, 0.1) is 10.1 Å². The number of carbonyl (C=O) groups excluding carboxylic acids is 2. The van der Waals surface area contributed by atoms with Crippen molar-refractivity contribution < 1.29 is 22.9 Å². The molecule has 0 fully saturated rings. The van der Waals surface area contributed by atoms with E-state index in [1.54, 1.807) is 31.2 Å². The Morgan fingerprint density at radius 2 is 1.87 bits per heavy atom. The predicted octanol–water partition coefficient (Wildman–Crippen LogP) is 2.12. The number of sulfonamides is 1. The van der Waals surface area contributed by atoms with E-state index in [2.05, 4.69) is 5.32 Å². The molecule has 2 aromatic rings. The maximum absolute atomic E-state index is 13.1. The molecule has 1 heterocycles. The van der Waals surface area contributed by atoms with Gasteiger partial charge in [-0.05, 0) is 24.6 Å². The van der Waals surface area contributed by atoms with Crippen molar-refractivity contribution in [3.8, 4) is 0 Å². The lowest BCUT2D eigenvalue weighted by Gasteiger charge is -2.29. The summed E-state index contributed by atoms with van der Waals surface area (Å²) in [7, 11) is -2.56. The number of benzene rings is 2. The SMILES string of the molecule is CC1CC(=O)Nc2ccccc2N1C(=O)CN(C)S(=O)(=O)Cc1ccc([N+](=O)[O-])cc1. The van der Waals surface area contributed by atoms with Gasteiger partial charge in [0.05, 0.1) is 28.6 Å². The first kappa shape index (κ1) is 22.4. The van der Waals surface area contributed by atoms with Crippen molar-refractivity contribution >= 4 is 38.9 Å². The summed E-state index contributed by atoms with van der Waals surface area (Å²) in [6.45, 7) is 1.31. The molecule has 1 unspecified atom stereocenters. The van der Waals surface area contributed by atoms with Crippen LogP contribution in [0.4, 0.5) is 17.1 Å². The van der Waals surface area contributed by atoms with Crippen LogP contribution in [0.5, 0.6) is 0 Å². The quantitative estimate of drug-likeness (QED) is 0.534. The number of amides is 2. The number of carbonyl (C=O) groups is 2. The molecule has 164 valence electrons. The minimum Gasteiger partial charge on any atom is -0.324 e. The van der Waals surface area contributed by atoms with Gasteiger partial charge in [0.1, 0.15) is 0 Å². The number of non-ortho nitro benzene ring substituents is 1. The highest BCUT2D eigenvalue weighted by Gasteiger charge is 2.31. The van der Waals surface area contributed by atoms with Gasteiger partial charge in [0.25, 0.3) is 5.69 Å². The van der Waals surface area contributed by atoms with Gasteiger partial charge in [0.15, 0.2) is 0 Å². The van der Waals surface area contributed by atoms with Gasteiger partial charge in [0, 0.05) is 31.6 Å². The standard InChI is InChI=1S/C20H22N4O6S/c1-14-11-19(25)21-17-5-3-4-6-18(17)23(14)20(26)12-22(2)31(29,30)13-15-7-9-16(10-8-15)24(27)28/h3-10,14H,11-13H2,1-2H3,(H,21,25). The Kier molecular flexibility index (Phi) is 6.37. The molecule has 31 heavy (non-hydrogen) atoms. The molecule has 1 aliphatic heterocycles. The van der Waals surface area contributed by atoms with Gasteiger partial charge in [-0.15, -0.1) is 0 Å². The van der Waals surface area contributed by atoms with E-state index in [4.69, 9.17) is 0 Å². The third kappa shape index (κ3) is 5.06. The number of para-hydroxylation sites is 2. The van der Waals surface area contributed by atoms with Crippen molar-refractivity contribution in [1.29, 1.82) is 0 Å². The van der Waals surface area contributed by atoms with Gasteiger partial charge in [-0.1, -0.05) is 24.3 Å².